The van der Waals surface area contributed by atoms with Crippen LogP contribution in [0.4, 0.5) is 10.3 Å². The fourth-order valence-electron chi connectivity index (χ4n) is 5.55. The van der Waals surface area contributed by atoms with Gasteiger partial charge in [-0.1, -0.05) is 29.3 Å². The number of carboxylic acids is 1. The number of aromatic carboxylic acids is 1. The summed E-state index contributed by atoms with van der Waals surface area (Å²) < 4.78 is 76.6. The molecule has 61 heavy (non-hydrogen) atoms. The van der Waals surface area contributed by atoms with Crippen molar-refractivity contribution in [2.45, 2.75) is 29.5 Å². The van der Waals surface area contributed by atoms with Gasteiger partial charge in [0.05, 0.1) is 69.3 Å². The van der Waals surface area contributed by atoms with Crippen LogP contribution in [0.25, 0.3) is 0 Å². The average molecular weight is 952 g/mol. The van der Waals surface area contributed by atoms with Gasteiger partial charge >= 0.3 is 11.9 Å². The van der Waals surface area contributed by atoms with E-state index in [1.165, 1.54) is 65.1 Å². The van der Waals surface area contributed by atoms with Crippen LogP contribution in [-0.2, 0) is 44.5 Å². The third-order valence-corrected chi connectivity index (χ3v) is 14.9. The number of benzene rings is 4. The van der Waals surface area contributed by atoms with Gasteiger partial charge in [-0.25, -0.2) is 45.0 Å². The quantitative estimate of drug-likeness (QED) is 0.0907. The zero-order valence-corrected chi connectivity index (χ0v) is 37.3. The molecule has 0 spiro atoms. The lowest BCUT2D eigenvalue weighted by atomic mass is 10.1. The SMILES string of the molecule is COC(=O)c1ccc(S(=O)(=O)N(Cc2ccc(OC)cc2OC)c2nccs2)c(Cl)c1.COc1ccc(CN(c2nccs2)S(=O)(=O)c2ccc(C(=O)O)cc2Cl)c(CO)c1. The molecule has 322 valence electrons. The van der Waals surface area contributed by atoms with Crippen molar-refractivity contribution >= 4 is 88.1 Å². The van der Waals surface area contributed by atoms with E-state index in [-0.39, 0.29) is 60.9 Å². The van der Waals surface area contributed by atoms with E-state index in [0.29, 0.717) is 33.9 Å². The third-order valence-electron chi connectivity index (χ3n) is 8.64. The fraction of sp³-hybridized carbons (Fsp3) is 0.179. The molecule has 0 aliphatic heterocycles. The summed E-state index contributed by atoms with van der Waals surface area (Å²) in [6.45, 7) is -0.489. The summed E-state index contributed by atoms with van der Waals surface area (Å²) in [5, 5.41) is 22.3. The molecule has 0 amide bonds. The van der Waals surface area contributed by atoms with Gasteiger partial charge in [0.15, 0.2) is 10.3 Å². The van der Waals surface area contributed by atoms with Gasteiger partial charge in [0.1, 0.15) is 27.0 Å². The molecule has 2 N–H and O–H groups in total. The predicted molar refractivity (Wildman–Crippen MR) is 231 cm³/mol. The molecule has 0 radical (unpaired) electrons. The number of halogens is 2. The molecule has 0 saturated heterocycles. The van der Waals surface area contributed by atoms with Crippen LogP contribution in [0.3, 0.4) is 0 Å². The summed E-state index contributed by atoms with van der Waals surface area (Å²) in [6.07, 6.45) is 2.98. The van der Waals surface area contributed by atoms with Gasteiger partial charge in [-0.05, 0) is 71.8 Å². The summed E-state index contributed by atoms with van der Waals surface area (Å²) in [6, 6.07) is 17.3. The van der Waals surface area contributed by atoms with Crippen LogP contribution in [0.2, 0.25) is 10.0 Å². The van der Waals surface area contributed by atoms with E-state index >= 15 is 0 Å². The van der Waals surface area contributed by atoms with E-state index in [0.717, 1.165) is 43.4 Å². The van der Waals surface area contributed by atoms with E-state index in [9.17, 15) is 31.5 Å². The maximum Gasteiger partial charge on any atom is 0.337 e. The number of aromatic nitrogens is 2. The number of carboxylic acid groups (broad SMARTS) is 1. The number of carbonyl (C=O) groups is 2. The van der Waals surface area contributed by atoms with Crippen LogP contribution >= 0.6 is 45.9 Å². The van der Waals surface area contributed by atoms with Crippen molar-refractivity contribution in [1.29, 1.82) is 0 Å². The van der Waals surface area contributed by atoms with Crippen molar-refractivity contribution in [1.82, 2.24) is 9.97 Å². The summed E-state index contributed by atoms with van der Waals surface area (Å²) in [4.78, 5) is 30.7. The second kappa shape index (κ2) is 20.4. The lowest BCUT2D eigenvalue weighted by Gasteiger charge is -2.23. The molecule has 6 rings (SSSR count). The number of anilines is 2. The Kier molecular flexibility index (Phi) is 15.6. The zero-order valence-electron chi connectivity index (χ0n) is 32.5. The minimum atomic E-state index is -4.19. The molecule has 0 saturated carbocycles. The first-order valence-electron chi connectivity index (χ1n) is 17.3. The molecular formula is C39H36Cl2N4O12S4. The van der Waals surface area contributed by atoms with Gasteiger partial charge < -0.3 is 29.2 Å². The Bertz CT molecular complexity index is 2720. The smallest absolute Gasteiger partial charge is 0.337 e. The Hall–Kier alpha value is -5.48. The topological polar surface area (TPSA) is 212 Å². The predicted octanol–water partition coefficient (Wildman–Crippen LogP) is 7.39. The highest BCUT2D eigenvalue weighted by Crippen LogP contribution is 2.36. The Morgan fingerprint density at radius 1 is 0.656 bits per heavy atom. The van der Waals surface area contributed by atoms with E-state index < -0.39 is 32.0 Å². The van der Waals surface area contributed by atoms with E-state index in [4.69, 9.17) is 42.5 Å². The largest absolute Gasteiger partial charge is 0.497 e. The van der Waals surface area contributed by atoms with Crippen molar-refractivity contribution in [3.63, 3.8) is 0 Å². The van der Waals surface area contributed by atoms with Crippen molar-refractivity contribution < 1.29 is 55.6 Å². The van der Waals surface area contributed by atoms with E-state index in [1.807, 2.05) is 0 Å². The van der Waals surface area contributed by atoms with Gasteiger partial charge in [-0.2, -0.15) is 0 Å². The molecule has 0 aliphatic carbocycles. The first-order valence-corrected chi connectivity index (χ1v) is 22.7. The molecule has 6 aromatic rings. The number of nitrogens with zero attached hydrogens (tertiary/aromatic N) is 4. The van der Waals surface area contributed by atoms with Gasteiger partial charge in [-0.15, -0.1) is 22.7 Å². The lowest BCUT2D eigenvalue weighted by Crippen LogP contribution is -2.31. The number of aliphatic hydroxyl groups excluding tert-OH is 1. The normalized spacial score (nSPS) is 11.2. The van der Waals surface area contributed by atoms with Gasteiger partial charge in [0.2, 0.25) is 0 Å². The summed E-state index contributed by atoms with van der Waals surface area (Å²) in [5.41, 5.74) is 1.67. The van der Waals surface area contributed by atoms with Crippen molar-refractivity contribution in [2.75, 3.05) is 37.0 Å². The number of sulfonamides is 2. The number of hydrogen-bond donors (Lipinski definition) is 2. The minimum absolute atomic E-state index is 0.0574. The Morgan fingerprint density at radius 2 is 1.15 bits per heavy atom. The second-order valence-electron chi connectivity index (χ2n) is 12.2. The molecular weight excluding hydrogens is 916 g/mol. The molecule has 22 heteroatoms. The number of thiazole rings is 2. The zero-order chi connectivity index (χ0) is 44.5. The third kappa shape index (κ3) is 10.7. The van der Waals surface area contributed by atoms with E-state index in [1.54, 1.807) is 47.2 Å². The fourth-order valence-corrected chi connectivity index (χ4v) is 11.1. The standard InChI is InChI=1S/C20H19ClN2O6S2.C19H17ClN2O6S2/c1-27-15-6-4-14(17(11-15)28-2)12-23(20-22-8-9-30-20)31(25,26)18-7-5-13(10-16(18)21)19(24)29-3;1-28-15-4-2-13(14(8-15)11-23)10-22(19-21-6-7-29-19)30(26,27)17-5-3-12(18(24)25)9-16(17)20/h4-11H,12H2,1-3H3;2-9,23H,10-11H2,1H3,(H,24,25). The molecule has 4 aromatic carbocycles. The maximum absolute atomic E-state index is 13.6. The van der Waals surface area contributed by atoms with Crippen molar-refractivity contribution in [2.24, 2.45) is 0 Å². The Morgan fingerprint density at radius 3 is 1.59 bits per heavy atom. The van der Waals surface area contributed by atoms with Gasteiger partial charge in [0, 0.05) is 34.8 Å². The number of rotatable bonds is 16. The monoisotopic (exact) mass is 950 g/mol. The van der Waals surface area contributed by atoms with Crippen LogP contribution in [0.1, 0.15) is 37.4 Å². The highest BCUT2D eigenvalue weighted by atomic mass is 35.5. The molecule has 16 nitrogen and oxygen atoms in total. The highest BCUT2D eigenvalue weighted by molar-refractivity contribution is 7.93. The van der Waals surface area contributed by atoms with Crippen LogP contribution in [-0.4, -0.2) is 77.4 Å². The molecule has 0 atom stereocenters. The summed E-state index contributed by atoms with van der Waals surface area (Å²) in [7, 11) is -2.59. The maximum atomic E-state index is 13.6. The van der Waals surface area contributed by atoms with Gasteiger partial charge in [-0.3, -0.25) is 0 Å². The average Bonchev–Trinajstić information content (AvgIpc) is 4.00. The summed E-state index contributed by atoms with van der Waals surface area (Å²) >= 11 is 14.7. The second-order valence-corrected chi connectivity index (χ2v) is 18.4. The number of methoxy groups -OCH3 is 4. The number of carbonyl (C=O) groups excluding carboxylic acids is 1. The van der Waals surface area contributed by atoms with Crippen LogP contribution < -0.4 is 22.8 Å². The number of hydrogen-bond acceptors (Lipinski definition) is 15. The Labute approximate surface area is 369 Å². The lowest BCUT2D eigenvalue weighted by molar-refractivity contribution is 0.0599. The molecule has 0 aliphatic rings. The first kappa shape index (κ1) is 46.6. The van der Waals surface area contributed by atoms with Crippen LogP contribution in [0.15, 0.2) is 106 Å². The highest BCUT2D eigenvalue weighted by Gasteiger charge is 2.32. The van der Waals surface area contributed by atoms with Crippen molar-refractivity contribution in [3.8, 4) is 17.2 Å². The molecule has 2 aromatic heterocycles. The molecule has 0 fully saturated rings. The molecule has 0 unspecified atom stereocenters. The van der Waals surface area contributed by atoms with E-state index in [2.05, 4.69) is 14.7 Å². The number of esters is 1. The van der Waals surface area contributed by atoms with Crippen LogP contribution in [0.5, 0.6) is 17.2 Å². The summed E-state index contributed by atoms with van der Waals surface area (Å²) in [5.74, 6) is -0.276. The van der Waals surface area contributed by atoms with Gasteiger partial charge in [0.25, 0.3) is 20.0 Å². The number of ether oxygens (including phenoxy) is 4. The number of aliphatic hydroxyl groups is 1. The van der Waals surface area contributed by atoms with Crippen LogP contribution in [0, 0.1) is 0 Å². The first-order chi connectivity index (χ1) is 29.1. The van der Waals surface area contributed by atoms with Crippen molar-refractivity contribution in [3.05, 3.63) is 134 Å². The minimum Gasteiger partial charge on any atom is -0.497 e. The molecule has 0 bridgehead atoms. The molecule has 2 heterocycles. The Balaban J connectivity index is 0.000000231.